The molecule has 0 radical (unpaired) electrons. The fourth-order valence-corrected chi connectivity index (χ4v) is 18.8. The van der Waals surface area contributed by atoms with Gasteiger partial charge in [0.1, 0.15) is 21.7 Å². The maximum Gasteiger partial charge on any atom is 1.00 e. The molecule has 0 spiro atoms. The monoisotopic (exact) mass is 1880 g/mol. The molecule has 0 aliphatic heterocycles. The minimum absolute atomic E-state index is 0. The van der Waals surface area contributed by atoms with Gasteiger partial charge in [0.2, 0.25) is 0 Å². The molecule has 0 atom stereocenters. The second-order valence-corrected chi connectivity index (χ2v) is 36.3. The molecule has 0 saturated heterocycles. The van der Waals surface area contributed by atoms with Crippen LogP contribution in [0, 0.1) is 0 Å². The molecule has 6 heterocycles. The molecule has 6 aromatic heterocycles. The Labute approximate surface area is 865 Å². The van der Waals surface area contributed by atoms with Crippen LogP contribution in [0.1, 0.15) is 76.3 Å². The van der Waals surface area contributed by atoms with Crippen LogP contribution >= 0.6 is 61.8 Å². The van der Waals surface area contributed by atoms with Gasteiger partial charge in [-0.2, -0.15) is 0 Å². The number of nitrogens with zero attached hydrogens (tertiary/aromatic N) is 9. The van der Waals surface area contributed by atoms with Crippen LogP contribution in [0.5, 0.6) is 0 Å². The number of rotatable bonds is 20. The summed E-state index contributed by atoms with van der Waals surface area (Å²) in [6.45, 7) is 15.3. The first-order chi connectivity index (χ1) is 61.9. The number of alkyl halides is 1. The molecule has 13 nitrogen and oxygen atoms in total. The number of anilines is 8. The van der Waals surface area contributed by atoms with Crippen molar-refractivity contribution in [2.75, 3.05) is 20.0 Å². The van der Waals surface area contributed by atoms with E-state index >= 15 is 0 Å². The summed E-state index contributed by atoms with van der Waals surface area (Å²) >= 11 is 22.2. The molecule has 129 heavy (non-hydrogen) atoms. The van der Waals surface area contributed by atoms with Gasteiger partial charge in [0.15, 0.2) is 0 Å². The number of thiazole rings is 2. The second kappa shape index (κ2) is 42.7. The van der Waals surface area contributed by atoms with E-state index in [1.54, 1.807) is 22.7 Å². The molecular formula is C109H91BrCl2K2N10O3S2. The van der Waals surface area contributed by atoms with Gasteiger partial charge in [0.25, 0.3) is 6.47 Å². The molecule has 0 fully saturated rings. The number of carbonyl (C=O) groups excluding carboxylic acids is 1. The topological polar surface area (TPSA) is 133 Å². The average Bonchev–Trinajstić information content (AvgIpc) is 1.60. The predicted octanol–water partition coefficient (Wildman–Crippen LogP) is 23.7. The molecule has 0 aliphatic carbocycles. The zero-order chi connectivity index (χ0) is 87.5. The van der Waals surface area contributed by atoms with Gasteiger partial charge < -0.3 is 31.6 Å². The van der Waals surface area contributed by atoms with E-state index in [1.807, 2.05) is 67.0 Å². The minimum atomic E-state index is -0.181. The van der Waals surface area contributed by atoms with Crippen LogP contribution in [0.2, 0.25) is 10.0 Å². The predicted molar refractivity (Wildman–Crippen MR) is 535 cm³/mol. The van der Waals surface area contributed by atoms with E-state index in [0.29, 0.717) is 29.7 Å². The van der Waals surface area contributed by atoms with E-state index in [-0.39, 0.29) is 121 Å². The molecular weight excluding hydrogens is 1790 g/mol. The van der Waals surface area contributed by atoms with Gasteiger partial charge in [-0.15, -0.1) is 22.7 Å². The summed E-state index contributed by atoms with van der Waals surface area (Å²) in [7, 11) is 0. The fraction of sp³-hybridized carbons (Fsp3) is 0.110. The molecule has 0 saturated carbocycles. The summed E-state index contributed by atoms with van der Waals surface area (Å²) in [4.78, 5) is 37.7. The Bertz CT molecular complexity index is 7150. The van der Waals surface area contributed by atoms with E-state index in [2.05, 4.69) is 401 Å². The molecule has 20 aromatic rings. The quantitative estimate of drug-likeness (QED) is 0.0257. The van der Waals surface area contributed by atoms with Crippen molar-refractivity contribution in [2.24, 2.45) is 0 Å². The van der Waals surface area contributed by atoms with Gasteiger partial charge in [-0.25, -0.2) is 19.9 Å². The van der Waals surface area contributed by atoms with Crippen molar-refractivity contribution in [1.29, 1.82) is 0 Å². The Morgan fingerprint density at radius 2 is 0.752 bits per heavy atom. The first-order valence-corrected chi connectivity index (χ1v) is 45.5. The third-order valence-electron chi connectivity index (χ3n) is 22.4. The zero-order valence-electron chi connectivity index (χ0n) is 73.9. The van der Waals surface area contributed by atoms with Crippen molar-refractivity contribution < 1.29 is 119 Å². The number of aromatic nitrogens is 6. The third-order valence-corrected chi connectivity index (χ3v) is 26.0. The smallest absolute Gasteiger partial charge is 1.00 e. The fourth-order valence-electron chi connectivity index (χ4n) is 15.9. The van der Waals surface area contributed by atoms with E-state index in [1.165, 1.54) is 53.6 Å². The summed E-state index contributed by atoms with van der Waals surface area (Å²) < 4.78 is 6.87. The van der Waals surface area contributed by atoms with Gasteiger partial charge in [-0.05, 0) is 214 Å². The first kappa shape index (κ1) is 93.4. The molecule has 20 rings (SSSR count). The summed E-state index contributed by atoms with van der Waals surface area (Å²) in [5.41, 5.74) is 23.4. The van der Waals surface area contributed by atoms with E-state index in [0.717, 1.165) is 127 Å². The normalized spacial score (nSPS) is 11.2. The molecule has 0 amide bonds. The molecule has 20 heteroatoms. The van der Waals surface area contributed by atoms with Crippen LogP contribution in [0.15, 0.2) is 376 Å². The molecule has 630 valence electrons. The van der Waals surface area contributed by atoms with Crippen molar-refractivity contribution in [3.8, 4) is 32.8 Å². The molecule has 0 aliphatic rings. The maximum atomic E-state index is 8.64. The van der Waals surface area contributed by atoms with Gasteiger partial charge in [-0.3, -0.25) is 13.9 Å². The standard InChI is InChI=1S/C54H44ClN5S.C47H38ClN5S.C7H7Br.CH2O3.2K.H/c1-54(2,3)40-32-48(58(35-37-16-6-4-7-17-37)41-27-25-39(26-28-41)53-57-45-21-11-13-23-50(45)61-53)52(55)49(33-40)59(36-38-18-8-5-9-19-38)42-29-30-47-44(34-42)43-20-10-12-22-46(43)60(47)51-24-14-15-31-56-51;1-47(2,3)33-27-39(50-34-22-20-32(21-23-34)46-51-38-16-8-10-18-43(38)54-46)45(48)42(28-33)52(30-31-13-5-4-6-14-31)35-24-25-41-37(29-35)36-15-7-9-17-40(36)53(41)44-19-11-12-26-49-44;8-6-7-4-2-1-3-5-7;2-1-4-3;;;/h4-34H,35-36H2,1-3H3;4-29,50H,30H2,1-3H3;1-5H,6H2;1,3H;;;/q;;;;2*+1;-1/p-1. The van der Waals surface area contributed by atoms with Crippen molar-refractivity contribution >= 4 is 178 Å². The number of hydrogen-bond donors (Lipinski definition) is 1. The van der Waals surface area contributed by atoms with Crippen LogP contribution in [0.4, 0.5) is 45.5 Å². The van der Waals surface area contributed by atoms with E-state index in [9.17, 15) is 0 Å². The van der Waals surface area contributed by atoms with Crippen LogP contribution in [0.25, 0.3) is 96.8 Å². The number of pyridine rings is 2. The summed E-state index contributed by atoms with van der Waals surface area (Å²) in [6, 6.07) is 128. The Morgan fingerprint density at radius 1 is 0.403 bits per heavy atom. The third kappa shape index (κ3) is 21.5. The summed E-state index contributed by atoms with van der Waals surface area (Å²) in [5.74, 6) is 1.78. The van der Waals surface area contributed by atoms with Crippen LogP contribution in [-0.4, -0.2) is 35.5 Å². The largest absolute Gasteiger partial charge is 1.00 e. The van der Waals surface area contributed by atoms with Gasteiger partial charge in [0.05, 0.1) is 75.3 Å². The van der Waals surface area contributed by atoms with Gasteiger partial charge in [-0.1, -0.05) is 275 Å². The van der Waals surface area contributed by atoms with Crippen LogP contribution in [0.3, 0.4) is 0 Å². The molecule has 0 unspecified atom stereocenters. The Hall–Kier alpha value is -10.3. The van der Waals surface area contributed by atoms with Gasteiger partial charge in [0, 0.05) is 92.8 Å². The number of halogens is 3. The molecule has 1 N–H and O–H groups in total. The van der Waals surface area contributed by atoms with Crippen molar-refractivity contribution in [3.63, 3.8) is 0 Å². The number of fused-ring (bicyclic) bond motifs is 8. The number of hydrogen-bond acceptors (Lipinski definition) is 13. The second-order valence-electron chi connectivity index (χ2n) is 32.9. The molecule has 14 aromatic carbocycles. The van der Waals surface area contributed by atoms with E-state index in [4.69, 9.17) is 53.2 Å². The van der Waals surface area contributed by atoms with Crippen molar-refractivity contribution in [2.45, 2.75) is 77.3 Å². The molecule has 0 bridgehead atoms. The van der Waals surface area contributed by atoms with Crippen LogP contribution in [-0.2, 0) is 45.5 Å². The number of nitrogens with one attached hydrogen (secondary N) is 1. The Kier molecular flexibility index (Phi) is 30.9. The SMILES string of the molecule is BrCc1ccccc1.CC(C)(C)c1cc(N(Cc2ccccc2)c2ccc(-c3nc4ccccc4s3)cc2)c(Cl)c(N(Cc2ccccc2)c2ccc3c(c2)c2ccccc2n3-c2ccccn2)c1.CC(C)(C)c1cc(Nc2ccc(-c3nc4ccccc4s3)cc2)c(Cl)c(N(Cc2ccccc2)c2ccc3c(c2)c2ccccc2n3-c2ccccn2)c1.O=CO[O-].[H-].[K+].[K+]. The van der Waals surface area contributed by atoms with Crippen LogP contribution < -0.4 is 128 Å². The van der Waals surface area contributed by atoms with E-state index < -0.39 is 0 Å². The maximum absolute atomic E-state index is 8.64. The Morgan fingerprint density at radius 3 is 1.14 bits per heavy atom. The van der Waals surface area contributed by atoms with Crippen molar-refractivity contribution in [1.82, 2.24) is 29.1 Å². The number of benzene rings is 14. The first-order valence-electron chi connectivity index (χ1n) is 42.0. The summed E-state index contributed by atoms with van der Waals surface area (Å²) in [6.07, 6.45) is 3.70. The number of carbonyl (C=O) groups is 1. The zero-order valence-corrected chi connectivity index (χ0v) is 83.9. The van der Waals surface area contributed by atoms with Crippen molar-refractivity contribution in [3.05, 3.63) is 420 Å². The van der Waals surface area contributed by atoms with Gasteiger partial charge >= 0.3 is 103 Å². The minimum Gasteiger partial charge on any atom is -1.00 e. The average molecular weight is 1880 g/mol. The Balaban J connectivity index is 0.000000183. The number of para-hydroxylation sites is 4. The summed E-state index contributed by atoms with van der Waals surface area (Å²) in [5, 5.41) is 21.1.